The zero-order chi connectivity index (χ0) is 21.0. The summed E-state index contributed by atoms with van der Waals surface area (Å²) in [6.45, 7) is 3.67. The fourth-order valence-corrected chi connectivity index (χ4v) is 4.43. The summed E-state index contributed by atoms with van der Waals surface area (Å²) in [5.74, 6) is 1.10. The van der Waals surface area contributed by atoms with Crippen LogP contribution in [0.4, 0.5) is 10.2 Å². The van der Waals surface area contributed by atoms with Crippen LogP contribution < -0.4 is 15.0 Å². The average Bonchev–Trinajstić information content (AvgIpc) is 3.22. The molecule has 1 aromatic carbocycles. The predicted molar refractivity (Wildman–Crippen MR) is 109 cm³/mol. The van der Waals surface area contributed by atoms with E-state index in [2.05, 4.69) is 10.3 Å². The molecule has 1 fully saturated rings. The third-order valence-electron chi connectivity index (χ3n) is 6.06. The molecule has 1 N–H and O–H groups in total. The number of rotatable bonds is 3. The Balaban J connectivity index is 1.29. The van der Waals surface area contributed by atoms with E-state index in [0.29, 0.717) is 48.6 Å². The topological polar surface area (TPSA) is 74.8 Å². The molecular weight excluding hydrogens is 387 g/mol. The molecule has 7 nitrogen and oxygen atoms in total. The lowest BCUT2D eigenvalue weighted by molar-refractivity contribution is 0.0799. The van der Waals surface area contributed by atoms with Gasteiger partial charge >= 0.3 is 0 Å². The number of nitrogens with zero attached hydrogens (tertiary/aromatic N) is 3. The fourth-order valence-electron chi connectivity index (χ4n) is 4.43. The van der Waals surface area contributed by atoms with E-state index in [1.165, 1.54) is 0 Å². The smallest absolute Gasteiger partial charge is 0.254 e. The molecule has 1 saturated heterocycles. The third kappa shape index (κ3) is 3.07. The van der Waals surface area contributed by atoms with Crippen LogP contribution in [0.3, 0.4) is 0 Å². The zero-order valence-corrected chi connectivity index (χ0v) is 16.9. The van der Waals surface area contributed by atoms with Gasteiger partial charge in [-0.05, 0) is 36.2 Å². The van der Waals surface area contributed by atoms with E-state index in [1.807, 2.05) is 24.0 Å². The number of fused-ring (bicyclic) bond motifs is 2. The fraction of sp³-hybridized carbons (Fsp3) is 0.409. The Kier molecular flexibility index (Phi) is 4.38. The highest BCUT2D eigenvalue weighted by Crippen LogP contribution is 2.30. The van der Waals surface area contributed by atoms with Gasteiger partial charge in [0, 0.05) is 32.1 Å². The number of pyridine rings is 1. The van der Waals surface area contributed by atoms with Gasteiger partial charge in [0.15, 0.2) is 6.17 Å². The minimum atomic E-state index is -1.19. The Morgan fingerprint density at radius 1 is 1.23 bits per heavy atom. The van der Waals surface area contributed by atoms with Gasteiger partial charge in [0.2, 0.25) is 0 Å². The highest BCUT2D eigenvalue weighted by atomic mass is 19.1. The van der Waals surface area contributed by atoms with Crippen LogP contribution in [0.25, 0.3) is 0 Å². The van der Waals surface area contributed by atoms with Crippen molar-refractivity contribution in [3.8, 4) is 5.75 Å². The second-order valence-electron chi connectivity index (χ2n) is 8.19. The number of alkyl halides is 1. The maximum atomic E-state index is 15.0. The Morgan fingerprint density at radius 2 is 2.07 bits per heavy atom. The van der Waals surface area contributed by atoms with E-state index >= 15 is 4.39 Å². The van der Waals surface area contributed by atoms with E-state index in [0.717, 1.165) is 16.9 Å². The van der Waals surface area contributed by atoms with Crippen molar-refractivity contribution in [3.63, 3.8) is 0 Å². The van der Waals surface area contributed by atoms with E-state index in [-0.39, 0.29) is 18.4 Å². The number of halogens is 1. The van der Waals surface area contributed by atoms with E-state index in [9.17, 15) is 9.59 Å². The summed E-state index contributed by atoms with van der Waals surface area (Å²) in [5, 5.41) is 2.77. The molecule has 2 aromatic rings. The second kappa shape index (κ2) is 6.97. The molecule has 0 aliphatic carbocycles. The number of ether oxygens (including phenoxy) is 1. The van der Waals surface area contributed by atoms with Crippen molar-refractivity contribution in [2.24, 2.45) is 0 Å². The first kappa shape index (κ1) is 18.8. The van der Waals surface area contributed by atoms with Crippen LogP contribution in [-0.2, 0) is 13.1 Å². The Bertz CT molecular complexity index is 1060. The molecule has 156 valence electrons. The van der Waals surface area contributed by atoms with Crippen LogP contribution in [0, 0.1) is 6.92 Å². The maximum Gasteiger partial charge on any atom is 0.254 e. The number of amides is 2. The van der Waals surface area contributed by atoms with Crippen LogP contribution in [0.15, 0.2) is 24.3 Å². The molecule has 3 aliphatic rings. The molecule has 2 amide bonds. The normalized spacial score (nSPS) is 22.8. The Labute approximate surface area is 173 Å². The summed E-state index contributed by atoms with van der Waals surface area (Å²) in [7, 11) is 1.76. The molecule has 8 heteroatoms. The van der Waals surface area contributed by atoms with Gasteiger partial charge in [-0.25, -0.2) is 9.37 Å². The molecule has 5 rings (SSSR count). The van der Waals surface area contributed by atoms with Crippen LogP contribution >= 0.6 is 0 Å². The van der Waals surface area contributed by atoms with Crippen molar-refractivity contribution in [1.29, 1.82) is 0 Å². The quantitative estimate of drug-likeness (QED) is 0.840. The lowest BCUT2D eigenvalue weighted by Gasteiger charge is -2.36. The number of carbonyl (C=O) groups is 2. The lowest BCUT2D eigenvalue weighted by atomic mass is 10.0. The van der Waals surface area contributed by atoms with Crippen molar-refractivity contribution < 1.29 is 18.7 Å². The number of hydrogen-bond donors (Lipinski definition) is 1. The van der Waals surface area contributed by atoms with Crippen LogP contribution in [0.5, 0.6) is 5.75 Å². The Hall–Kier alpha value is -3.16. The number of aromatic nitrogens is 1. The molecule has 0 bridgehead atoms. The largest absolute Gasteiger partial charge is 0.487 e. The molecule has 1 aromatic heterocycles. The maximum absolute atomic E-state index is 15.0. The van der Waals surface area contributed by atoms with Gasteiger partial charge in [-0.2, -0.15) is 0 Å². The highest BCUT2D eigenvalue weighted by Gasteiger charge is 2.34. The van der Waals surface area contributed by atoms with Gasteiger partial charge in [0.1, 0.15) is 17.7 Å². The average molecular weight is 410 g/mol. The van der Waals surface area contributed by atoms with E-state index in [1.54, 1.807) is 24.1 Å². The summed E-state index contributed by atoms with van der Waals surface area (Å²) in [6.07, 6.45) is -1.27. The van der Waals surface area contributed by atoms with Gasteiger partial charge in [-0.3, -0.25) is 9.59 Å². The summed E-state index contributed by atoms with van der Waals surface area (Å²) in [6, 6.07) is 7.23. The van der Waals surface area contributed by atoms with Gasteiger partial charge in [-0.15, -0.1) is 0 Å². The molecular formula is C22H23FN4O3. The zero-order valence-electron chi connectivity index (χ0n) is 16.9. The summed E-state index contributed by atoms with van der Waals surface area (Å²) < 4.78 is 20.9. The van der Waals surface area contributed by atoms with Crippen molar-refractivity contribution in [2.75, 3.05) is 25.0 Å². The van der Waals surface area contributed by atoms with Crippen molar-refractivity contribution in [1.82, 2.24) is 15.2 Å². The minimum Gasteiger partial charge on any atom is -0.487 e. The number of hydrogen-bond acceptors (Lipinski definition) is 5. The number of piperidine rings is 1. The molecule has 30 heavy (non-hydrogen) atoms. The summed E-state index contributed by atoms with van der Waals surface area (Å²) in [5.41, 5.74) is 3.76. The molecule has 0 saturated carbocycles. The number of benzene rings is 1. The Morgan fingerprint density at radius 3 is 2.87 bits per heavy atom. The van der Waals surface area contributed by atoms with Crippen LogP contribution in [0.2, 0.25) is 0 Å². The van der Waals surface area contributed by atoms with Gasteiger partial charge < -0.3 is 19.9 Å². The predicted octanol–water partition coefficient (Wildman–Crippen LogP) is 2.21. The van der Waals surface area contributed by atoms with Gasteiger partial charge in [0.05, 0.1) is 24.3 Å². The SMILES string of the molecule is Cc1cc2c(nc1N1CCC(Oc3ccc4c(c3)C(=O)N(C)C4)C(F)C1)CNC2=O. The monoisotopic (exact) mass is 410 g/mol. The lowest BCUT2D eigenvalue weighted by Crippen LogP contribution is -2.47. The van der Waals surface area contributed by atoms with Gasteiger partial charge in [0.25, 0.3) is 11.8 Å². The number of aryl methyl sites for hydroxylation is 1. The second-order valence-corrected chi connectivity index (χ2v) is 8.19. The highest BCUT2D eigenvalue weighted by molar-refractivity contribution is 5.99. The van der Waals surface area contributed by atoms with Crippen molar-refractivity contribution >= 4 is 17.6 Å². The summed E-state index contributed by atoms with van der Waals surface area (Å²) >= 11 is 0. The summed E-state index contributed by atoms with van der Waals surface area (Å²) in [4.78, 5) is 32.2. The molecule has 4 heterocycles. The molecule has 3 aliphatic heterocycles. The third-order valence-corrected chi connectivity index (χ3v) is 6.06. The number of carbonyl (C=O) groups excluding carboxylic acids is 2. The molecule has 0 spiro atoms. The number of anilines is 1. The number of nitrogens with one attached hydrogen (secondary N) is 1. The van der Waals surface area contributed by atoms with Crippen molar-refractivity contribution in [2.45, 2.75) is 38.7 Å². The molecule has 2 unspecified atom stereocenters. The van der Waals surface area contributed by atoms with E-state index in [4.69, 9.17) is 4.74 Å². The molecule has 2 atom stereocenters. The minimum absolute atomic E-state index is 0.0341. The van der Waals surface area contributed by atoms with Crippen LogP contribution in [0.1, 0.15) is 44.0 Å². The van der Waals surface area contributed by atoms with E-state index < -0.39 is 12.3 Å². The molecule has 0 radical (unpaired) electrons. The first-order chi connectivity index (χ1) is 14.4. The standard InChI is InChI=1S/C22H23FN4O3/c1-12-7-16-18(9-24-21(16)28)25-20(12)27-6-5-19(17(23)11-27)30-14-4-3-13-10-26(2)22(29)15(13)8-14/h3-4,7-8,17,19H,5-6,9-11H2,1-2H3,(H,24,28). The van der Waals surface area contributed by atoms with Gasteiger partial charge in [-0.1, -0.05) is 6.07 Å². The first-order valence-electron chi connectivity index (χ1n) is 10.1. The first-order valence-corrected chi connectivity index (χ1v) is 10.1. The van der Waals surface area contributed by atoms with Crippen LogP contribution in [-0.4, -0.2) is 54.1 Å². The van der Waals surface area contributed by atoms with Crippen molar-refractivity contribution in [3.05, 3.63) is 52.2 Å².